The molecule has 0 aromatic rings. The van der Waals surface area contributed by atoms with E-state index in [-0.39, 0.29) is 5.71 Å². The van der Waals surface area contributed by atoms with E-state index < -0.39 is 17.4 Å². The second-order valence-corrected chi connectivity index (χ2v) is 1.91. The highest BCUT2D eigenvalue weighted by molar-refractivity contribution is 6.51. The molecule has 3 N–H and O–H groups in total. The summed E-state index contributed by atoms with van der Waals surface area (Å²) in [5.74, 6) is 3.01. The zero-order chi connectivity index (χ0) is 8.43. The minimum Gasteiger partial charge on any atom is -0.323 e. The lowest BCUT2D eigenvalue weighted by atomic mass is 10.1. The molecule has 11 heavy (non-hydrogen) atoms. The molecule has 0 bridgehead atoms. The van der Waals surface area contributed by atoms with Crippen molar-refractivity contribution in [3.8, 4) is 0 Å². The second-order valence-electron chi connectivity index (χ2n) is 1.91. The third-order valence-electron chi connectivity index (χ3n) is 1.17. The van der Waals surface area contributed by atoms with Crippen LogP contribution in [0.15, 0.2) is 28.9 Å². The summed E-state index contributed by atoms with van der Waals surface area (Å²) >= 11 is 0. The van der Waals surface area contributed by atoms with Crippen LogP contribution >= 0.6 is 0 Å². The molecule has 1 rings (SSSR count). The Kier molecular flexibility index (Phi) is 1.80. The highest BCUT2D eigenvalue weighted by Crippen LogP contribution is 2.14. The summed E-state index contributed by atoms with van der Waals surface area (Å²) in [6.07, 6.45) is 1.50. The van der Waals surface area contributed by atoms with Crippen molar-refractivity contribution in [3.63, 3.8) is 0 Å². The molecule has 0 saturated carbocycles. The molecule has 5 heteroatoms. The fourth-order valence-corrected chi connectivity index (χ4v) is 0.662. The molecule has 0 aliphatic heterocycles. The molecule has 0 fully saturated rings. The van der Waals surface area contributed by atoms with Crippen LogP contribution in [0.5, 0.6) is 0 Å². The summed E-state index contributed by atoms with van der Waals surface area (Å²) in [6.45, 7) is 0. The molecule has 0 spiro atoms. The van der Waals surface area contributed by atoms with E-state index in [9.17, 15) is 8.78 Å². The van der Waals surface area contributed by atoms with Crippen molar-refractivity contribution in [1.29, 1.82) is 5.41 Å². The van der Waals surface area contributed by atoms with Gasteiger partial charge < -0.3 is 5.84 Å². The molecule has 0 saturated heterocycles. The number of hydrogen-bond donors (Lipinski definition) is 2. The van der Waals surface area contributed by atoms with Crippen LogP contribution in [-0.2, 0) is 0 Å². The number of rotatable bonds is 0. The Balaban J connectivity index is 3.10. The lowest BCUT2D eigenvalue weighted by Crippen LogP contribution is -2.16. The van der Waals surface area contributed by atoms with Crippen molar-refractivity contribution in [3.05, 3.63) is 23.8 Å². The first kappa shape index (κ1) is 7.59. The fourth-order valence-electron chi connectivity index (χ4n) is 0.662. The Morgan fingerprint density at radius 1 is 1.36 bits per heavy atom. The number of nitrogens with zero attached hydrogens (tertiary/aromatic N) is 1. The second kappa shape index (κ2) is 2.61. The summed E-state index contributed by atoms with van der Waals surface area (Å²) < 4.78 is 24.8. The zero-order valence-electron chi connectivity index (χ0n) is 5.44. The summed E-state index contributed by atoms with van der Waals surface area (Å²) in [7, 11) is 0. The molecule has 0 heterocycles. The lowest BCUT2D eigenvalue weighted by Gasteiger charge is -2.04. The van der Waals surface area contributed by atoms with Crippen molar-refractivity contribution >= 4 is 11.4 Å². The summed E-state index contributed by atoms with van der Waals surface area (Å²) in [6, 6.07) is 0. The molecular formula is C6H5F2N3. The number of hydrogen-bond acceptors (Lipinski definition) is 3. The van der Waals surface area contributed by atoms with Crippen molar-refractivity contribution in [2.24, 2.45) is 10.9 Å². The number of nitrogens with one attached hydrogen (secondary N) is 1. The first-order chi connectivity index (χ1) is 5.15. The van der Waals surface area contributed by atoms with Crippen LogP contribution in [0.3, 0.4) is 0 Å². The van der Waals surface area contributed by atoms with E-state index in [1.54, 1.807) is 0 Å². The Morgan fingerprint density at radius 3 is 2.55 bits per heavy atom. The maximum Gasteiger partial charge on any atom is 0.153 e. The van der Waals surface area contributed by atoms with E-state index in [4.69, 9.17) is 11.3 Å². The smallest absolute Gasteiger partial charge is 0.153 e. The van der Waals surface area contributed by atoms with Crippen LogP contribution in [-0.4, -0.2) is 11.4 Å². The van der Waals surface area contributed by atoms with Gasteiger partial charge in [0.2, 0.25) is 0 Å². The largest absolute Gasteiger partial charge is 0.323 e. The Morgan fingerprint density at radius 2 is 2.00 bits per heavy atom. The maximum absolute atomic E-state index is 12.5. The van der Waals surface area contributed by atoms with E-state index in [0.29, 0.717) is 6.08 Å². The third-order valence-corrected chi connectivity index (χ3v) is 1.17. The number of nitrogens with two attached hydrogens (primary N) is 1. The first-order valence-electron chi connectivity index (χ1n) is 2.76. The molecule has 1 aliphatic rings. The summed E-state index contributed by atoms with van der Waals surface area (Å²) in [5.41, 5.74) is -0.684. The van der Waals surface area contributed by atoms with Gasteiger partial charge in [0.15, 0.2) is 5.83 Å². The monoisotopic (exact) mass is 157 g/mol. The average molecular weight is 157 g/mol. The number of halogens is 2. The van der Waals surface area contributed by atoms with Gasteiger partial charge in [-0.25, -0.2) is 8.78 Å². The lowest BCUT2D eigenvalue weighted by molar-refractivity contribution is 0.636. The van der Waals surface area contributed by atoms with Crippen molar-refractivity contribution in [1.82, 2.24) is 0 Å². The molecule has 0 aromatic carbocycles. The van der Waals surface area contributed by atoms with Crippen LogP contribution in [0.1, 0.15) is 0 Å². The first-order valence-corrected chi connectivity index (χ1v) is 2.76. The zero-order valence-corrected chi connectivity index (χ0v) is 5.44. The number of allylic oxidation sites excluding steroid dienone is 4. The SMILES string of the molecule is N=C1C(F)=CC(F)=C/C1=N/N. The molecule has 1 aliphatic carbocycles. The van der Waals surface area contributed by atoms with Gasteiger partial charge in [-0.2, -0.15) is 5.10 Å². The molecule has 0 aromatic heterocycles. The maximum atomic E-state index is 12.5. The van der Waals surface area contributed by atoms with Gasteiger partial charge in [-0.15, -0.1) is 0 Å². The van der Waals surface area contributed by atoms with E-state index in [2.05, 4.69) is 5.10 Å². The van der Waals surface area contributed by atoms with Crippen molar-refractivity contribution in [2.45, 2.75) is 0 Å². The van der Waals surface area contributed by atoms with Crippen LogP contribution in [0.25, 0.3) is 0 Å². The molecule has 0 atom stereocenters. The topological polar surface area (TPSA) is 62.2 Å². The van der Waals surface area contributed by atoms with E-state index >= 15 is 0 Å². The van der Waals surface area contributed by atoms with E-state index in [1.165, 1.54) is 0 Å². The quantitative estimate of drug-likeness (QED) is 0.308. The Hall–Kier alpha value is -1.52. The van der Waals surface area contributed by atoms with Gasteiger partial charge in [-0.3, -0.25) is 5.41 Å². The van der Waals surface area contributed by atoms with E-state index in [0.717, 1.165) is 6.08 Å². The van der Waals surface area contributed by atoms with Crippen LogP contribution in [0.2, 0.25) is 0 Å². The predicted molar refractivity (Wildman–Crippen MR) is 37.7 cm³/mol. The third kappa shape index (κ3) is 1.31. The minimum atomic E-state index is -0.964. The molecule has 0 amide bonds. The molecular weight excluding hydrogens is 152 g/mol. The standard InChI is InChI=1S/C6H5F2N3/c7-3-1-4(8)6(9)5(2-3)11-10/h1-2,9H,10H2/b9-6?,11-5-. The van der Waals surface area contributed by atoms with Gasteiger partial charge >= 0.3 is 0 Å². The molecule has 0 unspecified atom stereocenters. The van der Waals surface area contributed by atoms with Crippen molar-refractivity contribution in [2.75, 3.05) is 0 Å². The van der Waals surface area contributed by atoms with E-state index in [1.807, 2.05) is 0 Å². The highest BCUT2D eigenvalue weighted by atomic mass is 19.1. The molecule has 3 nitrogen and oxygen atoms in total. The Labute approximate surface area is 61.4 Å². The predicted octanol–water partition coefficient (Wildman–Crippen LogP) is 1.04. The highest BCUT2D eigenvalue weighted by Gasteiger charge is 2.16. The van der Waals surface area contributed by atoms with Gasteiger partial charge in [-0.1, -0.05) is 0 Å². The Bertz CT molecular complexity index is 288. The summed E-state index contributed by atoms with van der Waals surface area (Å²) in [4.78, 5) is 0. The normalized spacial score (nSPS) is 21.6. The van der Waals surface area contributed by atoms with Crippen molar-refractivity contribution < 1.29 is 8.78 Å². The van der Waals surface area contributed by atoms with Crippen LogP contribution in [0, 0.1) is 5.41 Å². The van der Waals surface area contributed by atoms with Gasteiger partial charge in [0.25, 0.3) is 0 Å². The molecule has 0 radical (unpaired) electrons. The van der Waals surface area contributed by atoms with Gasteiger partial charge in [0.05, 0.1) is 0 Å². The fraction of sp³-hybridized carbons (Fsp3) is 0. The van der Waals surface area contributed by atoms with Gasteiger partial charge in [0, 0.05) is 12.2 Å². The summed E-state index contributed by atoms with van der Waals surface area (Å²) in [5, 5.41) is 10.0. The van der Waals surface area contributed by atoms with Crippen LogP contribution < -0.4 is 5.84 Å². The average Bonchev–Trinajstić information content (AvgIpc) is 1.96. The van der Waals surface area contributed by atoms with Gasteiger partial charge in [-0.05, 0) is 0 Å². The van der Waals surface area contributed by atoms with Crippen LogP contribution in [0.4, 0.5) is 8.78 Å². The number of hydrazone groups is 1. The molecule has 58 valence electrons. The van der Waals surface area contributed by atoms with Gasteiger partial charge in [0.1, 0.15) is 17.3 Å². The minimum absolute atomic E-state index is 0.192.